The SMILES string of the molecule is O=C(COc1ccc(F)c(Cl)c1)NC(C1CC1)C1CC1. The molecule has 1 amide bonds. The number of amides is 1. The molecule has 2 fully saturated rings. The van der Waals surface area contributed by atoms with Crippen molar-refractivity contribution in [1.29, 1.82) is 0 Å². The minimum absolute atomic E-state index is 0.00301. The molecule has 5 heteroatoms. The van der Waals surface area contributed by atoms with E-state index in [-0.39, 0.29) is 17.5 Å². The second-order valence-corrected chi connectivity index (χ2v) is 6.04. The van der Waals surface area contributed by atoms with Crippen molar-refractivity contribution in [3.8, 4) is 5.75 Å². The molecule has 1 N–H and O–H groups in total. The highest BCUT2D eigenvalue weighted by molar-refractivity contribution is 6.30. The van der Waals surface area contributed by atoms with E-state index in [2.05, 4.69) is 5.32 Å². The minimum Gasteiger partial charge on any atom is -0.484 e. The third-order valence-corrected chi connectivity index (χ3v) is 4.14. The number of hydrogen-bond acceptors (Lipinski definition) is 2. The third kappa shape index (κ3) is 3.42. The molecular weight excluding hydrogens is 281 g/mol. The normalized spacial score (nSPS) is 18.1. The Balaban J connectivity index is 1.49. The molecule has 1 aromatic rings. The van der Waals surface area contributed by atoms with Gasteiger partial charge in [-0.2, -0.15) is 0 Å². The van der Waals surface area contributed by atoms with Crippen molar-refractivity contribution in [1.82, 2.24) is 5.32 Å². The summed E-state index contributed by atoms with van der Waals surface area (Å²) < 4.78 is 18.3. The minimum atomic E-state index is -0.494. The van der Waals surface area contributed by atoms with Crippen LogP contribution in [-0.2, 0) is 4.79 Å². The first-order valence-electron chi connectivity index (χ1n) is 7.00. The molecule has 0 aliphatic heterocycles. The molecule has 3 nitrogen and oxygen atoms in total. The van der Waals surface area contributed by atoms with Crippen LogP contribution in [0.2, 0.25) is 5.02 Å². The molecule has 1 aromatic carbocycles. The van der Waals surface area contributed by atoms with Crippen LogP contribution >= 0.6 is 11.6 Å². The van der Waals surface area contributed by atoms with Crippen LogP contribution in [0.3, 0.4) is 0 Å². The predicted molar refractivity (Wildman–Crippen MR) is 74.3 cm³/mol. The van der Waals surface area contributed by atoms with E-state index < -0.39 is 5.82 Å². The Kier molecular flexibility index (Phi) is 3.83. The number of ether oxygens (including phenoxy) is 1. The number of rotatable bonds is 6. The van der Waals surface area contributed by atoms with E-state index >= 15 is 0 Å². The summed E-state index contributed by atoms with van der Waals surface area (Å²) >= 11 is 5.66. The molecule has 0 radical (unpaired) electrons. The maximum Gasteiger partial charge on any atom is 0.258 e. The lowest BCUT2D eigenvalue weighted by Crippen LogP contribution is -2.40. The highest BCUT2D eigenvalue weighted by atomic mass is 35.5. The highest BCUT2D eigenvalue weighted by Crippen LogP contribution is 2.44. The molecular formula is C15H17ClFNO2. The van der Waals surface area contributed by atoms with Crippen molar-refractivity contribution < 1.29 is 13.9 Å². The molecule has 0 heterocycles. The van der Waals surface area contributed by atoms with E-state index in [0.717, 1.165) is 0 Å². The van der Waals surface area contributed by atoms with Crippen molar-refractivity contribution in [2.24, 2.45) is 11.8 Å². The third-order valence-electron chi connectivity index (χ3n) is 3.85. The van der Waals surface area contributed by atoms with E-state index in [1.165, 1.54) is 43.9 Å². The van der Waals surface area contributed by atoms with Gasteiger partial charge in [0.05, 0.1) is 5.02 Å². The number of halogens is 2. The van der Waals surface area contributed by atoms with Crippen molar-refractivity contribution >= 4 is 17.5 Å². The Morgan fingerprint density at radius 2 is 2.00 bits per heavy atom. The quantitative estimate of drug-likeness (QED) is 0.876. The van der Waals surface area contributed by atoms with Gasteiger partial charge in [0, 0.05) is 12.1 Å². The molecule has 3 rings (SSSR count). The Hall–Kier alpha value is -1.29. The van der Waals surface area contributed by atoms with Crippen LogP contribution < -0.4 is 10.1 Å². The van der Waals surface area contributed by atoms with Gasteiger partial charge >= 0.3 is 0 Å². The van der Waals surface area contributed by atoms with Crippen molar-refractivity contribution in [3.05, 3.63) is 29.0 Å². The fourth-order valence-electron chi connectivity index (χ4n) is 2.47. The van der Waals surface area contributed by atoms with Crippen LogP contribution in [0, 0.1) is 17.7 Å². The van der Waals surface area contributed by atoms with Gasteiger partial charge in [-0.05, 0) is 49.7 Å². The molecule has 20 heavy (non-hydrogen) atoms. The average Bonchev–Trinajstić information content (AvgIpc) is 3.28. The first-order valence-corrected chi connectivity index (χ1v) is 7.38. The average molecular weight is 298 g/mol. The van der Waals surface area contributed by atoms with Gasteiger partial charge in [0.25, 0.3) is 5.91 Å². The molecule has 2 aliphatic carbocycles. The Morgan fingerprint density at radius 3 is 2.55 bits per heavy atom. The van der Waals surface area contributed by atoms with Crippen LogP contribution in [0.25, 0.3) is 0 Å². The van der Waals surface area contributed by atoms with Gasteiger partial charge in [-0.15, -0.1) is 0 Å². The van der Waals surface area contributed by atoms with Gasteiger partial charge in [-0.25, -0.2) is 4.39 Å². The summed E-state index contributed by atoms with van der Waals surface area (Å²) in [5, 5.41) is 3.06. The molecule has 2 aliphatic rings. The van der Waals surface area contributed by atoms with Gasteiger partial charge in [-0.1, -0.05) is 11.6 Å². The zero-order valence-corrected chi connectivity index (χ0v) is 11.8. The molecule has 0 spiro atoms. The van der Waals surface area contributed by atoms with E-state index in [9.17, 15) is 9.18 Å². The summed E-state index contributed by atoms with van der Waals surface area (Å²) in [5.74, 6) is 1.11. The number of hydrogen-bond donors (Lipinski definition) is 1. The van der Waals surface area contributed by atoms with Crippen LogP contribution in [-0.4, -0.2) is 18.6 Å². The van der Waals surface area contributed by atoms with Crippen LogP contribution in [0.15, 0.2) is 18.2 Å². The summed E-state index contributed by atoms with van der Waals surface area (Å²) in [4.78, 5) is 11.9. The van der Waals surface area contributed by atoms with Gasteiger partial charge in [-0.3, -0.25) is 4.79 Å². The summed E-state index contributed by atoms with van der Waals surface area (Å²) in [5.41, 5.74) is 0. The van der Waals surface area contributed by atoms with E-state index in [1.807, 2.05) is 0 Å². The Labute approximate surface area is 122 Å². The standard InChI is InChI=1S/C15H17ClFNO2/c16-12-7-11(5-6-13(12)17)20-8-14(19)18-15(9-1-2-9)10-3-4-10/h5-7,9-10,15H,1-4,8H2,(H,18,19). The van der Waals surface area contributed by atoms with Crippen molar-refractivity contribution in [2.45, 2.75) is 31.7 Å². The number of nitrogens with one attached hydrogen (secondary N) is 1. The molecule has 2 saturated carbocycles. The summed E-state index contributed by atoms with van der Waals surface area (Å²) in [7, 11) is 0. The zero-order chi connectivity index (χ0) is 14.1. The summed E-state index contributed by atoms with van der Waals surface area (Å²) in [6, 6.07) is 4.40. The largest absolute Gasteiger partial charge is 0.484 e. The second kappa shape index (κ2) is 5.60. The molecule has 0 saturated heterocycles. The molecule has 108 valence electrons. The predicted octanol–water partition coefficient (Wildman–Crippen LogP) is 3.16. The van der Waals surface area contributed by atoms with Crippen LogP contribution in [0.1, 0.15) is 25.7 Å². The lowest BCUT2D eigenvalue weighted by Gasteiger charge is -2.17. The van der Waals surface area contributed by atoms with E-state index in [1.54, 1.807) is 0 Å². The number of benzene rings is 1. The zero-order valence-electron chi connectivity index (χ0n) is 11.1. The molecule has 0 unspecified atom stereocenters. The number of carbonyl (C=O) groups excluding carboxylic acids is 1. The second-order valence-electron chi connectivity index (χ2n) is 5.63. The van der Waals surface area contributed by atoms with Gasteiger partial charge in [0.15, 0.2) is 6.61 Å². The molecule has 0 aromatic heterocycles. The topological polar surface area (TPSA) is 38.3 Å². The van der Waals surface area contributed by atoms with E-state index in [0.29, 0.717) is 23.6 Å². The van der Waals surface area contributed by atoms with Crippen molar-refractivity contribution in [2.75, 3.05) is 6.61 Å². The first-order chi connectivity index (χ1) is 9.63. The maximum atomic E-state index is 13.0. The summed E-state index contributed by atoms with van der Waals surface area (Å²) in [6.45, 7) is -0.0576. The molecule has 0 bridgehead atoms. The fourth-order valence-corrected chi connectivity index (χ4v) is 2.64. The van der Waals surface area contributed by atoms with Crippen molar-refractivity contribution in [3.63, 3.8) is 0 Å². The fraction of sp³-hybridized carbons (Fsp3) is 0.533. The van der Waals surface area contributed by atoms with E-state index in [4.69, 9.17) is 16.3 Å². The smallest absolute Gasteiger partial charge is 0.258 e. The molecule has 0 atom stereocenters. The monoisotopic (exact) mass is 297 g/mol. The van der Waals surface area contributed by atoms with Gasteiger partial charge < -0.3 is 10.1 Å². The number of carbonyl (C=O) groups is 1. The first kappa shape index (κ1) is 13.7. The Morgan fingerprint density at radius 1 is 1.35 bits per heavy atom. The van der Waals surface area contributed by atoms with Crippen LogP contribution in [0.5, 0.6) is 5.75 Å². The lowest BCUT2D eigenvalue weighted by atomic mass is 10.1. The lowest BCUT2D eigenvalue weighted by molar-refractivity contribution is -0.124. The van der Waals surface area contributed by atoms with Gasteiger partial charge in [0.1, 0.15) is 11.6 Å². The van der Waals surface area contributed by atoms with Crippen LogP contribution in [0.4, 0.5) is 4.39 Å². The van der Waals surface area contributed by atoms with Gasteiger partial charge in [0.2, 0.25) is 0 Å². The summed E-state index contributed by atoms with van der Waals surface area (Å²) in [6.07, 6.45) is 4.87. The highest BCUT2D eigenvalue weighted by Gasteiger charge is 2.42. The maximum absolute atomic E-state index is 13.0. The Bertz CT molecular complexity index is 503.